The molecule has 1 N–H and O–H groups in total. The molecule has 7 heteroatoms. The summed E-state index contributed by atoms with van der Waals surface area (Å²) in [7, 11) is 0. The summed E-state index contributed by atoms with van der Waals surface area (Å²) in [6.07, 6.45) is 0.214. The molecule has 0 aliphatic rings. The molecule has 124 valence electrons. The van der Waals surface area contributed by atoms with Gasteiger partial charge in [0.25, 0.3) is 5.89 Å². The molecule has 0 spiro atoms. The number of carbonyl (C=O) groups excluding carboxylic acids is 1. The summed E-state index contributed by atoms with van der Waals surface area (Å²) in [4.78, 5) is 12.3. The van der Waals surface area contributed by atoms with E-state index >= 15 is 0 Å². The molecule has 6 nitrogen and oxygen atoms in total. The molecule has 0 saturated heterocycles. The predicted octanol–water partition coefficient (Wildman–Crippen LogP) is 4.43. The van der Waals surface area contributed by atoms with Gasteiger partial charge in [-0.1, -0.05) is 47.6 Å². The number of halogens is 1. The summed E-state index contributed by atoms with van der Waals surface area (Å²) in [6, 6.07) is 17.3. The zero-order valence-electron chi connectivity index (χ0n) is 12.9. The van der Waals surface area contributed by atoms with Gasteiger partial charge in [0.2, 0.25) is 5.91 Å². The van der Waals surface area contributed by atoms with E-state index in [1.54, 1.807) is 12.1 Å². The van der Waals surface area contributed by atoms with Crippen LogP contribution in [0.25, 0.3) is 22.4 Å². The van der Waals surface area contributed by atoms with Crippen molar-refractivity contribution >= 4 is 38.6 Å². The molecule has 2 aromatic carbocycles. The minimum absolute atomic E-state index is 0.0350. The summed E-state index contributed by atoms with van der Waals surface area (Å²) in [5, 5.41) is 12.4. The van der Waals surface area contributed by atoms with Crippen LogP contribution < -0.4 is 5.32 Å². The smallest absolute Gasteiger partial charge is 0.322 e. The van der Waals surface area contributed by atoms with Crippen molar-refractivity contribution in [3.63, 3.8) is 0 Å². The highest BCUT2D eigenvalue weighted by Gasteiger charge is 2.15. The minimum Gasteiger partial charge on any atom is -0.444 e. The molecule has 0 fully saturated rings. The molecule has 0 saturated carbocycles. The van der Waals surface area contributed by atoms with Crippen LogP contribution in [-0.4, -0.2) is 16.1 Å². The summed E-state index contributed by atoms with van der Waals surface area (Å²) < 4.78 is 11.3. The first kappa shape index (κ1) is 15.6. The first-order valence-electron chi connectivity index (χ1n) is 7.55. The third-order valence-electron chi connectivity index (χ3n) is 3.69. The Morgan fingerprint density at radius 3 is 2.68 bits per heavy atom. The van der Waals surface area contributed by atoms with Crippen LogP contribution in [0.3, 0.4) is 0 Å². The minimum atomic E-state index is -0.229. The van der Waals surface area contributed by atoms with E-state index in [0.717, 1.165) is 16.3 Å². The number of furan rings is 1. The van der Waals surface area contributed by atoms with Gasteiger partial charge in [-0.25, -0.2) is 0 Å². The van der Waals surface area contributed by atoms with Gasteiger partial charge < -0.3 is 8.83 Å². The molecule has 0 aliphatic heterocycles. The second-order valence-corrected chi connectivity index (χ2v) is 6.16. The van der Waals surface area contributed by atoms with Crippen molar-refractivity contribution in [2.45, 2.75) is 6.42 Å². The van der Waals surface area contributed by atoms with E-state index in [1.807, 2.05) is 42.5 Å². The monoisotopic (exact) mass is 397 g/mol. The van der Waals surface area contributed by atoms with Crippen molar-refractivity contribution in [1.29, 1.82) is 0 Å². The van der Waals surface area contributed by atoms with Crippen LogP contribution in [0.5, 0.6) is 0 Å². The van der Waals surface area contributed by atoms with E-state index < -0.39 is 0 Å². The molecule has 1 amide bonds. The van der Waals surface area contributed by atoms with E-state index in [-0.39, 0.29) is 24.2 Å². The van der Waals surface area contributed by atoms with Crippen LogP contribution in [0.1, 0.15) is 5.56 Å². The predicted molar refractivity (Wildman–Crippen MR) is 96.0 cm³/mol. The maximum absolute atomic E-state index is 12.3. The molecule has 2 heterocycles. The SMILES string of the molecule is O=C(Cc1cccc2ccccc12)Nc1nnc(-c2ccc(Br)o2)o1. The molecule has 0 atom stereocenters. The van der Waals surface area contributed by atoms with Gasteiger partial charge in [0.05, 0.1) is 6.42 Å². The van der Waals surface area contributed by atoms with Crippen molar-refractivity contribution in [3.05, 3.63) is 64.8 Å². The highest BCUT2D eigenvalue weighted by Crippen LogP contribution is 2.25. The molecule has 25 heavy (non-hydrogen) atoms. The second kappa shape index (κ2) is 6.52. The zero-order valence-corrected chi connectivity index (χ0v) is 14.5. The molecule has 0 radical (unpaired) electrons. The molecule has 2 aromatic heterocycles. The number of anilines is 1. The number of benzene rings is 2. The summed E-state index contributed by atoms with van der Waals surface area (Å²) in [6.45, 7) is 0. The number of hydrogen-bond acceptors (Lipinski definition) is 5. The van der Waals surface area contributed by atoms with Crippen LogP contribution in [-0.2, 0) is 11.2 Å². The van der Waals surface area contributed by atoms with Gasteiger partial charge in [0.1, 0.15) is 0 Å². The number of hydrogen-bond donors (Lipinski definition) is 1. The normalized spacial score (nSPS) is 10.9. The van der Waals surface area contributed by atoms with Crippen LogP contribution >= 0.6 is 15.9 Å². The lowest BCUT2D eigenvalue weighted by Gasteiger charge is -2.05. The first-order valence-corrected chi connectivity index (χ1v) is 8.34. The number of nitrogens with zero attached hydrogens (tertiary/aromatic N) is 2. The quantitative estimate of drug-likeness (QED) is 0.550. The highest BCUT2D eigenvalue weighted by molar-refractivity contribution is 9.10. The molecular weight excluding hydrogens is 386 g/mol. The number of nitrogens with one attached hydrogen (secondary N) is 1. The van der Waals surface area contributed by atoms with Gasteiger partial charge in [-0.3, -0.25) is 10.1 Å². The average Bonchev–Trinajstić information content (AvgIpc) is 3.24. The fourth-order valence-corrected chi connectivity index (χ4v) is 2.89. The largest absolute Gasteiger partial charge is 0.444 e. The van der Waals surface area contributed by atoms with Gasteiger partial charge in [-0.2, -0.15) is 0 Å². The fraction of sp³-hybridized carbons (Fsp3) is 0.0556. The van der Waals surface area contributed by atoms with E-state index in [4.69, 9.17) is 8.83 Å². The lowest BCUT2D eigenvalue weighted by Crippen LogP contribution is -2.14. The fourth-order valence-electron chi connectivity index (χ4n) is 2.59. The number of rotatable bonds is 4. The molecular formula is C18H12BrN3O3. The summed E-state index contributed by atoms with van der Waals surface area (Å²) in [5.74, 6) is 0.396. The van der Waals surface area contributed by atoms with Crippen LogP contribution in [0.4, 0.5) is 6.01 Å². The Balaban J connectivity index is 1.50. The maximum atomic E-state index is 12.3. The lowest BCUT2D eigenvalue weighted by molar-refractivity contribution is -0.115. The molecule has 4 aromatic rings. The van der Waals surface area contributed by atoms with Crippen molar-refractivity contribution < 1.29 is 13.6 Å². The van der Waals surface area contributed by atoms with Crippen LogP contribution in [0.15, 0.2) is 68.1 Å². The van der Waals surface area contributed by atoms with E-state index in [0.29, 0.717) is 10.4 Å². The number of aromatic nitrogens is 2. The second-order valence-electron chi connectivity index (χ2n) is 5.38. The zero-order chi connectivity index (χ0) is 17.2. The standard InChI is InChI=1S/C18H12BrN3O3/c19-15-9-8-14(24-15)17-21-22-18(25-17)20-16(23)10-12-6-3-5-11-4-1-2-7-13(11)12/h1-9H,10H2,(H,20,22,23). The summed E-state index contributed by atoms with van der Waals surface area (Å²) >= 11 is 3.21. The van der Waals surface area contributed by atoms with Gasteiger partial charge in [0.15, 0.2) is 10.4 Å². The Morgan fingerprint density at radius 2 is 1.84 bits per heavy atom. The number of fused-ring (bicyclic) bond motifs is 1. The van der Waals surface area contributed by atoms with E-state index in [1.165, 1.54) is 0 Å². The Kier molecular flexibility index (Phi) is 4.07. The Bertz CT molecular complexity index is 1050. The van der Waals surface area contributed by atoms with Crippen molar-refractivity contribution in [2.75, 3.05) is 5.32 Å². The average molecular weight is 398 g/mol. The molecule has 0 bridgehead atoms. The third kappa shape index (κ3) is 3.32. The van der Waals surface area contributed by atoms with Gasteiger partial charge in [0, 0.05) is 0 Å². The number of amides is 1. The molecule has 4 rings (SSSR count). The lowest BCUT2D eigenvalue weighted by atomic mass is 10.0. The Labute approximate surface area is 151 Å². The highest BCUT2D eigenvalue weighted by atomic mass is 79.9. The van der Waals surface area contributed by atoms with Crippen molar-refractivity contribution in [1.82, 2.24) is 10.2 Å². The van der Waals surface area contributed by atoms with Crippen LogP contribution in [0, 0.1) is 0 Å². The van der Waals surface area contributed by atoms with Gasteiger partial charge in [-0.15, -0.1) is 5.10 Å². The first-order chi connectivity index (χ1) is 12.2. The number of carbonyl (C=O) groups is 1. The van der Waals surface area contributed by atoms with Crippen LogP contribution in [0.2, 0.25) is 0 Å². The van der Waals surface area contributed by atoms with Gasteiger partial charge >= 0.3 is 6.01 Å². The van der Waals surface area contributed by atoms with E-state index in [9.17, 15) is 4.79 Å². The Hall–Kier alpha value is -2.93. The van der Waals surface area contributed by atoms with Gasteiger partial charge in [-0.05, 0) is 44.4 Å². The third-order valence-corrected chi connectivity index (χ3v) is 4.11. The Morgan fingerprint density at radius 1 is 1.00 bits per heavy atom. The molecule has 0 aliphatic carbocycles. The topological polar surface area (TPSA) is 81.2 Å². The van der Waals surface area contributed by atoms with Crippen molar-refractivity contribution in [2.24, 2.45) is 0 Å². The maximum Gasteiger partial charge on any atom is 0.322 e. The van der Waals surface area contributed by atoms with E-state index in [2.05, 4.69) is 31.4 Å². The molecule has 0 unspecified atom stereocenters. The van der Waals surface area contributed by atoms with Crippen molar-refractivity contribution in [3.8, 4) is 11.7 Å². The summed E-state index contributed by atoms with van der Waals surface area (Å²) in [5.41, 5.74) is 0.935.